The van der Waals surface area contributed by atoms with Crippen molar-refractivity contribution in [1.29, 1.82) is 0 Å². The van der Waals surface area contributed by atoms with Crippen molar-refractivity contribution >= 4 is 17.2 Å². The van der Waals surface area contributed by atoms with Crippen LogP contribution in [-0.4, -0.2) is 30.5 Å². The Bertz CT molecular complexity index is 1130. The van der Waals surface area contributed by atoms with Gasteiger partial charge in [0.1, 0.15) is 11.6 Å². The van der Waals surface area contributed by atoms with Crippen molar-refractivity contribution in [3.05, 3.63) is 82.4 Å². The number of thiazole rings is 1. The number of aromatic nitrogens is 5. The molecule has 1 amide bonds. The van der Waals surface area contributed by atoms with Crippen LogP contribution in [0.5, 0.6) is 0 Å². The molecule has 4 aromatic rings. The summed E-state index contributed by atoms with van der Waals surface area (Å²) in [5.74, 6) is 0.144. The largest absolute Gasteiger partial charge is 0.349 e. The van der Waals surface area contributed by atoms with Gasteiger partial charge in [-0.25, -0.2) is 14.3 Å². The second-order valence-corrected chi connectivity index (χ2v) is 6.78. The minimum atomic E-state index is -0.355. The first kappa shape index (κ1) is 17.8. The monoisotopic (exact) mass is 392 g/mol. The summed E-state index contributed by atoms with van der Waals surface area (Å²) in [6.45, 7) is 0.111. The number of carbonyl (C=O) groups is 1. The number of carbonyl (C=O) groups excluding carboxylic acids is 1. The van der Waals surface area contributed by atoms with Crippen molar-refractivity contribution in [1.82, 2.24) is 29.9 Å². The fourth-order valence-electron chi connectivity index (χ4n) is 2.56. The number of benzene rings is 1. The van der Waals surface area contributed by atoms with Crippen molar-refractivity contribution < 1.29 is 4.79 Å². The van der Waals surface area contributed by atoms with E-state index in [0.717, 1.165) is 20.9 Å². The molecule has 3 aromatic heterocycles. The lowest BCUT2D eigenvalue weighted by atomic mass is 10.2. The molecule has 0 aliphatic heterocycles. The first-order valence-corrected chi connectivity index (χ1v) is 9.42. The zero-order chi connectivity index (χ0) is 19.3. The minimum absolute atomic E-state index is 0.177. The Morgan fingerprint density at radius 2 is 1.96 bits per heavy atom. The van der Waals surface area contributed by atoms with Crippen LogP contribution in [-0.2, 0) is 17.9 Å². The van der Waals surface area contributed by atoms with Crippen LogP contribution < -0.4 is 10.9 Å². The predicted octanol–water partition coefficient (Wildman–Crippen LogP) is 1.87. The average Bonchev–Trinajstić information content (AvgIpc) is 3.41. The van der Waals surface area contributed by atoms with E-state index in [9.17, 15) is 9.59 Å². The highest BCUT2D eigenvalue weighted by molar-refractivity contribution is 7.13. The molecule has 0 atom stereocenters. The molecule has 8 nitrogen and oxygen atoms in total. The zero-order valence-corrected chi connectivity index (χ0v) is 15.5. The molecule has 0 unspecified atom stereocenters. The third kappa shape index (κ3) is 4.04. The van der Waals surface area contributed by atoms with E-state index in [2.05, 4.69) is 20.5 Å². The molecule has 9 heteroatoms. The lowest BCUT2D eigenvalue weighted by Crippen LogP contribution is -2.33. The van der Waals surface area contributed by atoms with Crippen molar-refractivity contribution in [2.45, 2.75) is 13.1 Å². The Hall–Kier alpha value is -3.59. The van der Waals surface area contributed by atoms with Crippen LogP contribution in [0.1, 0.15) is 5.69 Å². The molecule has 0 spiro atoms. The predicted molar refractivity (Wildman–Crippen MR) is 105 cm³/mol. The molecule has 1 aromatic carbocycles. The summed E-state index contributed by atoms with van der Waals surface area (Å²) >= 11 is 1.52. The molecule has 0 aliphatic rings. The summed E-state index contributed by atoms with van der Waals surface area (Å²) in [6, 6.07) is 14.5. The van der Waals surface area contributed by atoms with Gasteiger partial charge in [0.05, 0.1) is 12.2 Å². The molecule has 4 rings (SSSR count). The second-order valence-electron chi connectivity index (χ2n) is 5.92. The van der Waals surface area contributed by atoms with Crippen molar-refractivity contribution in [2.24, 2.45) is 0 Å². The summed E-state index contributed by atoms with van der Waals surface area (Å²) in [5.41, 5.74) is 1.45. The molecule has 140 valence electrons. The number of nitrogens with zero attached hydrogens (tertiary/aromatic N) is 5. The lowest BCUT2D eigenvalue weighted by molar-refractivity contribution is -0.122. The highest BCUT2D eigenvalue weighted by Crippen LogP contribution is 2.23. The van der Waals surface area contributed by atoms with E-state index in [1.165, 1.54) is 22.1 Å². The van der Waals surface area contributed by atoms with E-state index in [1.54, 1.807) is 24.5 Å². The third-order valence-corrected chi connectivity index (χ3v) is 4.86. The van der Waals surface area contributed by atoms with Crippen LogP contribution in [0.15, 0.2) is 71.1 Å². The van der Waals surface area contributed by atoms with Gasteiger partial charge in [0, 0.05) is 29.4 Å². The van der Waals surface area contributed by atoms with E-state index in [1.807, 2.05) is 35.7 Å². The van der Waals surface area contributed by atoms with Crippen LogP contribution in [0, 0.1) is 0 Å². The summed E-state index contributed by atoms with van der Waals surface area (Å²) in [6.07, 6.45) is 3.32. The Morgan fingerprint density at radius 3 is 2.75 bits per heavy atom. The van der Waals surface area contributed by atoms with Gasteiger partial charge in [-0.3, -0.25) is 9.59 Å². The van der Waals surface area contributed by atoms with Gasteiger partial charge in [-0.1, -0.05) is 30.3 Å². The molecular formula is C19H16N6O2S. The van der Waals surface area contributed by atoms with Crippen LogP contribution in [0.3, 0.4) is 0 Å². The normalized spacial score (nSPS) is 10.7. The topological polar surface area (TPSA) is 94.7 Å². The van der Waals surface area contributed by atoms with Crippen LogP contribution >= 0.6 is 11.3 Å². The molecule has 0 saturated heterocycles. The van der Waals surface area contributed by atoms with E-state index in [-0.39, 0.29) is 24.6 Å². The van der Waals surface area contributed by atoms with E-state index >= 15 is 0 Å². The average molecular weight is 392 g/mol. The molecule has 0 aliphatic carbocycles. The zero-order valence-electron chi connectivity index (χ0n) is 14.7. The molecule has 28 heavy (non-hydrogen) atoms. The summed E-state index contributed by atoms with van der Waals surface area (Å²) in [7, 11) is 0. The van der Waals surface area contributed by atoms with E-state index < -0.39 is 0 Å². The first-order valence-electron chi connectivity index (χ1n) is 8.54. The fourth-order valence-corrected chi connectivity index (χ4v) is 3.39. The molecular weight excluding hydrogens is 376 g/mol. The smallest absolute Gasteiger partial charge is 0.267 e. The molecule has 0 radical (unpaired) electrons. The van der Waals surface area contributed by atoms with Crippen LogP contribution in [0.4, 0.5) is 0 Å². The minimum Gasteiger partial charge on any atom is -0.349 e. The standard InChI is InChI=1S/C19H16N6O2S/c26-17(12-25-18(27)8-7-16(23-25)24-10-4-9-21-24)20-11-15-13-28-19(22-15)14-5-2-1-3-6-14/h1-10,13H,11-12H2,(H,20,26). The number of hydrogen-bond donors (Lipinski definition) is 1. The molecule has 0 saturated carbocycles. The van der Waals surface area contributed by atoms with Gasteiger partial charge in [0.2, 0.25) is 5.91 Å². The summed E-state index contributed by atoms with van der Waals surface area (Å²) in [4.78, 5) is 28.8. The summed E-state index contributed by atoms with van der Waals surface area (Å²) < 4.78 is 2.64. The van der Waals surface area contributed by atoms with Crippen molar-refractivity contribution in [3.63, 3.8) is 0 Å². The molecule has 0 fully saturated rings. The van der Waals surface area contributed by atoms with Gasteiger partial charge in [0.25, 0.3) is 5.56 Å². The fraction of sp³-hybridized carbons (Fsp3) is 0.105. The number of amides is 1. The second kappa shape index (κ2) is 7.97. The van der Waals surface area contributed by atoms with Gasteiger partial charge < -0.3 is 5.32 Å². The van der Waals surface area contributed by atoms with Gasteiger partial charge in [-0.2, -0.15) is 5.10 Å². The Labute approximate surface area is 164 Å². The lowest BCUT2D eigenvalue weighted by Gasteiger charge is -2.07. The van der Waals surface area contributed by atoms with Crippen molar-refractivity contribution in [3.8, 4) is 16.4 Å². The van der Waals surface area contributed by atoms with Gasteiger partial charge in [-0.15, -0.1) is 16.4 Å². The maximum atomic E-state index is 12.3. The van der Waals surface area contributed by atoms with E-state index in [4.69, 9.17) is 0 Å². The molecule has 1 N–H and O–H groups in total. The van der Waals surface area contributed by atoms with Gasteiger partial charge in [-0.05, 0) is 12.1 Å². The molecule has 0 bridgehead atoms. The SMILES string of the molecule is O=C(Cn1nc(-n2cccn2)ccc1=O)NCc1csc(-c2ccccc2)n1. The highest BCUT2D eigenvalue weighted by Gasteiger charge is 2.10. The molecule has 3 heterocycles. The Balaban J connectivity index is 1.40. The van der Waals surface area contributed by atoms with Crippen LogP contribution in [0.2, 0.25) is 0 Å². The van der Waals surface area contributed by atoms with E-state index in [0.29, 0.717) is 5.82 Å². The first-order chi connectivity index (χ1) is 13.7. The van der Waals surface area contributed by atoms with Crippen LogP contribution in [0.25, 0.3) is 16.4 Å². The number of rotatable bonds is 6. The van der Waals surface area contributed by atoms with Gasteiger partial charge >= 0.3 is 0 Å². The van der Waals surface area contributed by atoms with Gasteiger partial charge in [0.15, 0.2) is 5.82 Å². The Morgan fingerprint density at radius 1 is 1.11 bits per heavy atom. The quantitative estimate of drug-likeness (QED) is 0.541. The Kier molecular flexibility index (Phi) is 5.07. The number of nitrogens with one attached hydrogen (secondary N) is 1. The van der Waals surface area contributed by atoms with Crippen molar-refractivity contribution in [2.75, 3.05) is 0 Å². The highest BCUT2D eigenvalue weighted by atomic mass is 32.1. The maximum absolute atomic E-state index is 12.3. The number of hydrogen-bond acceptors (Lipinski definition) is 6. The third-order valence-electron chi connectivity index (χ3n) is 3.92. The summed E-state index contributed by atoms with van der Waals surface area (Å²) in [5, 5.41) is 13.8. The maximum Gasteiger partial charge on any atom is 0.267 e.